The van der Waals surface area contributed by atoms with Crippen LogP contribution in [0.3, 0.4) is 0 Å². The van der Waals surface area contributed by atoms with Crippen LogP contribution in [-0.2, 0) is 0 Å². The van der Waals surface area contributed by atoms with Gasteiger partial charge in [0.1, 0.15) is 12.0 Å². The molecular formula is C39H27N3S. The van der Waals surface area contributed by atoms with Crippen LogP contribution in [0.25, 0.3) is 42.4 Å². The van der Waals surface area contributed by atoms with Crippen LogP contribution in [0.4, 0.5) is 0 Å². The topological polar surface area (TPSA) is 36.8 Å². The first-order valence-electron chi connectivity index (χ1n) is 14.4. The van der Waals surface area contributed by atoms with Gasteiger partial charge in [0, 0.05) is 31.3 Å². The number of aliphatic imine (C=N–C) groups is 2. The van der Waals surface area contributed by atoms with Crippen LogP contribution < -0.4 is 5.32 Å². The Labute approximate surface area is 254 Å². The van der Waals surface area contributed by atoms with E-state index >= 15 is 0 Å². The Morgan fingerprint density at radius 2 is 1.07 bits per heavy atom. The van der Waals surface area contributed by atoms with Gasteiger partial charge in [-0.1, -0.05) is 133 Å². The smallest absolute Gasteiger partial charge is 0.159 e. The summed E-state index contributed by atoms with van der Waals surface area (Å²) in [6.07, 6.45) is -0.262. The van der Waals surface area contributed by atoms with Gasteiger partial charge in [-0.2, -0.15) is 0 Å². The van der Waals surface area contributed by atoms with Gasteiger partial charge in [0.25, 0.3) is 0 Å². The van der Waals surface area contributed by atoms with Gasteiger partial charge in [0.15, 0.2) is 5.84 Å². The first kappa shape index (κ1) is 25.4. The lowest BCUT2D eigenvalue weighted by atomic mass is 10.0. The van der Waals surface area contributed by atoms with Crippen molar-refractivity contribution in [2.45, 2.75) is 6.17 Å². The molecule has 1 unspecified atom stereocenters. The molecule has 0 aliphatic carbocycles. The van der Waals surface area contributed by atoms with Crippen molar-refractivity contribution in [3.63, 3.8) is 0 Å². The van der Waals surface area contributed by atoms with E-state index in [0.29, 0.717) is 0 Å². The van der Waals surface area contributed by atoms with Crippen LogP contribution >= 0.6 is 11.3 Å². The second-order valence-corrected chi connectivity index (χ2v) is 11.8. The minimum atomic E-state index is -0.262. The summed E-state index contributed by atoms with van der Waals surface area (Å²) >= 11 is 1.85. The molecule has 1 N–H and O–H groups in total. The quantitative estimate of drug-likeness (QED) is 0.220. The molecule has 0 spiro atoms. The van der Waals surface area contributed by atoms with E-state index in [0.717, 1.165) is 33.9 Å². The van der Waals surface area contributed by atoms with Gasteiger partial charge in [0.2, 0.25) is 0 Å². The van der Waals surface area contributed by atoms with E-state index in [-0.39, 0.29) is 6.17 Å². The summed E-state index contributed by atoms with van der Waals surface area (Å²) < 4.78 is 2.64. The van der Waals surface area contributed by atoms with Crippen LogP contribution in [0.5, 0.6) is 0 Å². The standard InChI is InChI=1S/C39H27N3S/c1-3-10-26(11-4-1)30-14-9-15-32(24-30)39-41-37(28-12-5-2-6-13-28)40-38(42-39)29-20-18-27(19-21-29)31-22-23-34-33-16-7-8-17-35(33)43-36(34)25-31/h1-25,38H,(H,40,41,42). The number of hydrogen-bond donors (Lipinski definition) is 1. The number of nitrogens with zero attached hydrogens (tertiary/aromatic N) is 2. The number of fused-ring (bicyclic) bond motifs is 3. The summed E-state index contributed by atoms with van der Waals surface area (Å²) in [6.45, 7) is 0. The minimum Gasteiger partial charge on any atom is -0.344 e. The molecule has 6 aromatic carbocycles. The molecule has 1 atom stereocenters. The Morgan fingerprint density at radius 3 is 1.88 bits per heavy atom. The normalized spacial score (nSPS) is 14.7. The summed E-state index contributed by atoms with van der Waals surface area (Å²) in [4.78, 5) is 10.1. The van der Waals surface area contributed by atoms with Crippen LogP contribution in [0, 0.1) is 0 Å². The number of nitrogens with one attached hydrogen (secondary N) is 1. The Balaban J connectivity index is 1.15. The highest BCUT2D eigenvalue weighted by Crippen LogP contribution is 2.36. The predicted molar refractivity (Wildman–Crippen MR) is 182 cm³/mol. The molecule has 7 aromatic rings. The second-order valence-electron chi connectivity index (χ2n) is 10.7. The molecule has 2 heterocycles. The third kappa shape index (κ3) is 4.92. The molecule has 0 bridgehead atoms. The zero-order valence-corrected chi connectivity index (χ0v) is 24.1. The largest absolute Gasteiger partial charge is 0.344 e. The van der Waals surface area contributed by atoms with Crippen LogP contribution in [0.1, 0.15) is 22.9 Å². The molecule has 43 heavy (non-hydrogen) atoms. The summed E-state index contributed by atoms with van der Waals surface area (Å²) in [5, 5.41) is 6.24. The highest BCUT2D eigenvalue weighted by molar-refractivity contribution is 7.25. The van der Waals surface area contributed by atoms with E-state index in [1.54, 1.807) is 0 Å². The van der Waals surface area contributed by atoms with Gasteiger partial charge in [-0.05, 0) is 46.0 Å². The van der Waals surface area contributed by atoms with Crippen LogP contribution in [0.15, 0.2) is 162 Å². The zero-order chi connectivity index (χ0) is 28.6. The maximum Gasteiger partial charge on any atom is 0.159 e. The molecule has 0 amide bonds. The SMILES string of the molecule is c1ccc(C2=NC(c3cccc(-c4ccccc4)c3)=NC(c3ccc(-c4ccc5c(c4)sc4ccccc45)cc3)N2)cc1. The lowest BCUT2D eigenvalue weighted by molar-refractivity contribution is 0.674. The van der Waals surface area contributed by atoms with E-state index in [4.69, 9.17) is 9.98 Å². The van der Waals surface area contributed by atoms with Crippen molar-refractivity contribution in [2.24, 2.45) is 9.98 Å². The van der Waals surface area contributed by atoms with Crippen molar-refractivity contribution in [3.05, 3.63) is 168 Å². The van der Waals surface area contributed by atoms with E-state index < -0.39 is 0 Å². The highest BCUT2D eigenvalue weighted by Gasteiger charge is 2.21. The molecule has 1 aromatic heterocycles. The predicted octanol–water partition coefficient (Wildman–Crippen LogP) is 9.88. The summed E-state index contributed by atoms with van der Waals surface area (Å²) in [5.74, 6) is 1.54. The average Bonchev–Trinajstić information content (AvgIpc) is 3.47. The Hall–Kier alpha value is -5.32. The molecule has 0 saturated carbocycles. The highest BCUT2D eigenvalue weighted by atomic mass is 32.1. The fourth-order valence-electron chi connectivity index (χ4n) is 5.72. The molecular weight excluding hydrogens is 543 g/mol. The van der Waals surface area contributed by atoms with Crippen molar-refractivity contribution < 1.29 is 0 Å². The van der Waals surface area contributed by atoms with E-state index in [9.17, 15) is 0 Å². The second kappa shape index (κ2) is 10.8. The van der Waals surface area contributed by atoms with Gasteiger partial charge in [0.05, 0.1) is 0 Å². The maximum atomic E-state index is 5.12. The number of thiophene rings is 1. The molecule has 3 nitrogen and oxygen atoms in total. The molecule has 1 aliphatic rings. The monoisotopic (exact) mass is 569 g/mol. The Kier molecular flexibility index (Phi) is 6.39. The van der Waals surface area contributed by atoms with Gasteiger partial charge in [-0.3, -0.25) is 0 Å². The van der Waals surface area contributed by atoms with Gasteiger partial charge >= 0.3 is 0 Å². The number of hydrogen-bond acceptors (Lipinski definition) is 4. The molecule has 0 radical (unpaired) electrons. The maximum absolute atomic E-state index is 5.12. The average molecular weight is 570 g/mol. The number of rotatable bonds is 5. The van der Waals surface area contributed by atoms with Gasteiger partial charge < -0.3 is 5.32 Å². The Morgan fingerprint density at radius 1 is 0.465 bits per heavy atom. The first-order chi connectivity index (χ1) is 21.3. The molecule has 0 fully saturated rings. The fraction of sp³-hybridized carbons (Fsp3) is 0.0256. The minimum absolute atomic E-state index is 0.262. The summed E-state index contributed by atoms with van der Waals surface area (Å²) in [7, 11) is 0. The number of amidine groups is 2. The molecule has 204 valence electrons. The van der Waals surface area contributed by atoms with Crippen molar-refractivity contribution >= 4 is 43.2 Å². The lowest BCUT2D eigenvalue weighted by Gasteiger charge is -2.24. The van der Waals surface area contributed by atoms with Crippen LogP contribution in [0.2, 0.25) is 0 Å². The van der Waals surface area contributed by atoms with Crippen LogP contribution in [-0.4, -0.2) is 11.7 Å². The van der Waals surface area contributed by atoms with Crippen molar-refractivity contribution in [3.8, 4) is 22.3 Å². The number of benzene rings is 6. The van der Waals surface area contributed by atoms with Crippen molar-refractivity contribution in [1.29, 1.82) is 0 Å². The first-order valence-corrected chi connectivity index (χ1v) is 15.3. The molecule has 4 heteroatoms. The van der Waals surface area contributed by atoms with Crippen molar-refractivity contribution in [2.75, 3.05) is 0 Å². The third-order valence-electron chi connectivity index (χ3n) is 7.96. The van der Waals surface area contributed by atoms with Crippen molar-refractivity contribution in [1.82, 2.24) is 5.32 Å². The third-order valence-corrected chi connectivity index (χ3v) is 9.09. The fourth-order valence-corrected chi connectivity index (χ4v) is 6.87. The molecule has 1 aliphatic heterocycles. The lowest BCUT2D eigenvalue weighted by Crippen LogP contribution is -2.33. The Bertz CT molecular complexity index is 2140. The van der Waals surface area contributed by atoms with Gasteiger partial charge in [-0.15, -0.1) is 11.3 Å². The van der Waals surface area contributed by atoms with E-state index in [2.05, 4.69) is 133 Å². The summed E-state index contributed by atoms with van der Waals surface area (Å²) in [6, 6.07) is 53.4. The summed E-state index contributed by atoms with van der Waals surface area (Å²) in [5.41, 5.74) is 7.85. The van der Waals surface area contributed by atoms with Gasteiger partial charge in [-0.25, -0.2) is 9.98 Å². The zero-order valence-electron chi connectivity index (χ0n) is 23.3. The van der Waals surface area contributed by atoms with E-state index in [1.165, 1.54) is 36.9 Å². The molecule has 0 saturated heterocycles. The molecule has 8 rings (SSSR count). The van der Waals surface area contributed by atoms with E-state index in [1.807, 2.05) is 35.6 Å².